The van der Waals surface area contributed by atoms with Crippen LogP contribution in [0.1, 0.15) is 31.4 Å². The molecule has 1 aliphatic rings. The molecule has 1 aromatic rings. The van der Waals surface area contributed by atoms with Crippen molar-refractivity contribution in [3.63, 3.8) is 0 Å². The van der Waals surface area contributed by atoms with E-state index >= 15 is 0 Å². The average Bonchev–Trinajstić information content (AvgIpc) is 2.41. The highest BCUT2D eigenvalue weighted by Crippen LogP contribution is 2.18. The van der Waals surface area contributed by atoms with Gasteiger partial charge in [-0.25, -0.2) is 21.6 Å². The van der Waals surface area contributed by atoms with Crippen molar-refractivity contribution in [1.82, 2.24) is 4.72 Å². The van der Waals surface area contributed by atoms with Crippen LogP contribution in [0, 0.1) is 0 Å². The van der Waals surface area contributed by atoms with E-state index in [0.29, 0.717) is 12.8 Å². The molecule has 0 aliphatic carbocycles. The summed E-state index contributed by atoms with van der Waals surface area (Å²) in [5.41, 5.74) is 6.58. The van der Waals surface area contributed by atoms with Crippen molar-refractivity contribution < 1.29 is 16.8 Å². The number of rotatable bonds is 4. The fraction of sp³-hybridized carbons (Fsp3) is 0.538. The smallest absolute Gasteiger partial charge is 0.240 e. The third-order valence-electron chi connectivity index (χ3n) is 3.59. The van der Waals surface area contributed by atoms with E-state index in [-0.39, 0.29) is 28.5 Å². The minimum atomic E-state index is -3.63. The molecule has 1 aliphatic heterocycles. The number of nitrogens with one attached hydrogen (secondary N) is 1. The molecule has 8 heteroatoms. The average molecular weight is 332 g/mol. The van der Waals surface area contributed by atoms with Crippen molar-refractivity contribution in [2.75, 3.05) is 11.5 Å². The van der Waals surface area contributed by atoms with E-state index in [4.69, 9.17) is 5.73 Å². The first-order valence-corrected chi connectivity index (χ1v) is 10.1. The Morgan fingerprint density at radius 1 is 1.19 bits per heavy atom. The van der Waals surface area contributed by atoms with E-state index in [2.05, 4.69) is 4.72 Å². The van der Waals surface area contributed by atoms with Gasteiger partial charge in [-0.15, -0.1) is 0 Å². The van der Waals surface area contributed by atoms with E-state index in [1.807, 2.05) is 6.92 Å². The highest BCUT2D eigenvalue weighted by atomic mass is 32.2. The molecule has 118 valence electrons. The third kappa shape index (κ3) is 4.26. The monoisotopic (exact) mass is 332 g/mol. The van der Waals surface area contributed by atoms with Gasteiger partial charge in [0.25, 0.3) is 0 Å². The van der Waals surface area contributed by atoms with Gasteiger partial charge in [0.2, 0.25) is 10.0 Å². The van der Waals surface area contributed by atoms with Crippen LogP contribution in [0.4, 0.5) is 0 Å². The van der Waals surface area contributed by atoms with Crippen molar-refractivity contribution in [2.24, 2.45) is 5.73 Å². The predicted octanol–water partition coefficient (Wildman–Crippen LogP) is 0.562. The van der Waals surface area contributed by atoms with Gasteiger partial charge < -0.3 is 5.73 Å². The molecule has 1 saturated heterocycles. The first kappa shape index (κ1) is 16.4. The largest absolute Gasteiger partial charge is 0.324 e. The molecule has 2 rings (SSSR count). The molecule has 1 aromatic carbocycles. The first-order chi connectivity index (χ1) is 9.70. The van der Waals surface area contributed by atoms with Gasteiger partial charge in [0.05, 0.1) is 16.4 Å². The Morgan fingerprint density at radius 2 is 1.71 bits per heavy atom. The molecule has 1 unspecified atom stereocenters. The molecule has 1 atom stereocenters. The van der Waals surface area contributed by atoms with Gasteiger partial charge in [0.1, 0.15) is 9.84 Å². The van der Waals surface area contributed by atoms with Crippen LogP contribution >= 0.6 is 0 Å². The molecule has 0 bridgehead atoms. The minimum absolute atomic E-state index is 0.0316. The van der Waals surface area contributed by atoms with Gasteiger partial charge >= 0.3 is 0 Å². The molecular weight excluding hydrogens is 312 g/mol. The van der Waals surface area contributed by atoms with Crippen LogP contribution in [0.3, 0.4) is 0 Å². The molecule has 1 fully saturated rings. The van der Waals surface area contributed by atoms with Crippen LogP contribution < -0.4 is 10.5 Å². The zero-order chi connectivity index (χ0) is 15.7. The maximum Gasteiger partial charge on any atom is 0.240 e. The lowest BCUT2D eigenvalue weighted by Crippen LogP contribution is -2.40. The van der Waals surface area contributed by atoms with E-state index in [9.17, 15) is 16.8 Å². The van der Waals surface area contributed by atoms with E-state index < -0.39 is 19.9 Å². The second-order valence-electron chi connectivity index (χ2n) is 5.41. The second-order valence-corrected chi connectivity index (χ2v) is 9.42. The van der Waals surface area contributed by atoms with Crippen LogP contribution in [-0.4, -0.2) is 34.4 Å². The zero-order valence-electron chi connectivity index (χ0n) is 11.8. The third-order valence-corrected chi connectivity index (χ3v) is 6.84. The lowest BCUT2D eigenvalue weighted by molar-refractivity contribution is 0.505. The number of nitrogens with two attached hydrogens (primary N) is 1. The molecular formula is C13H20N2O4S2. The quantitative estimate of drug-likeness (QED) is 0.838. The lowest BCUT2D eigenvalue weighted by atomic mass is 10.1. The van der Waals surface area contributed by atoms with Gasteiger partial charge in [-0.2, -0.15) is 0 Å². The standard InChI is InChI=1S/C13H20N2O4S2/c1-10(14)11-2-4-13(5-3-11)21(18,19)15-12-6-8-20(16,17)9-7-12/h2-5,10,12,15H,6-9,14H2,1H3. The Balaban J connectivity index is 2.08. The summed E-state index contributed by atoms with van der Waals surface area (Å²) in [4.78, 5) is 0.167. The number of hydrogen-bond donors (Lipinski definition) is 2. The molecule has 0 spiro atoms. The predicted molar refractivity (Wildman–Crippen MR) is 81.0 cm³/mol. The molecule has 3 N–H and O–H groups in total. The minimum Gasteiger partial charge on any atom is -0.324 e. The van der Waals surface area contributed by atoms with Gasteiger partial charge in [-0.05, 0) is 37.5 Å². The van der Waals surface area contributed by atoms with Gasteiger partial charge in [-0.3, -0.25) is 0 Å². The van der Waals surface area contributed by atoms with E-state index in [0.717, 1.165) is 5.56 Å². The summed E-state index contributed by atoms with van der Waals surface area (Å²) in [5.74, 6) is 0.0631. The highest BCUT2D eigenvalue weighted by Gasteiger charge is 2.27. The molecule has 6 nitrogen and oxygen atoms in total. The molecule has 0 aromatic heterocycles. The fourth-order valence-corrected chi connectivity index (χ4v) is 5.04. The van der Waals surface area contributed by atoms with Crippen molar-refractivity contribution in [3.8, 4) is 0 Å². The lowest BCUT2D eigenvalue weighted by Gasteiger charge is -2.23. The maximum absolute atomic E-state index is 12.3. The Bertz CT molecular complexity index is 680. The number of hydrogen-bond acceptors (Lipinski definition) is 5. The highest BCUT2D eigenvalue weighted by molar-refractivity contribution is 7.91. The van der Waals surface area contributed by atoms with Crippen LogP contribution in [0.25, 0.3) is 0 Å². The second kappa shape index (κ2) is 6.04. The molecule has 0 radical (unpaired) electrons. The van der Waals surface area contributed by atoms with E-state index in [1.165, 1.54) is 12.1 Å². The van der Waals surface area contributed by atoms with Crippen LogP contribution in [0.5, 0.6) is 0 Å². The van der Waals surface area contributed by atoms with Crippen LogP contribution in [0.2, 0.25) is 0 Å². The first-order valence-electron chi connectivity index (χ1n) is 6.78. The molecule has 1 heterocycles. The zero-order valence-corrected chi connectivity index (χ0v) is 13.5. The summed E-state index contributed by atoms with van der Waals surface area (Å²) in [5, 5.41) is 0. The summed E-state index contributed by atoms with van der Waals surface area (Å²) in [6, 6.07) is 5.92. The van der Waals surface area contributed by atoms with Crippen LogP contribution in [0.15, 0.2) is 29.2 Å². The van der Waals surface area contributed by atoms with Gasteiger partial charge in [0.15, 0.2) is 0 Å². The Hall–Kier alpha value is -0.960. The summed E-state index contributed by atoms with van der Waals surface area (Å²) in [6.45, 7) is 1.82. The van der Waals surface area contributed by atoms with Gasteiger partial charge in [0, 0.05) is 12.1 Å². The summed E-state index contributed by atoms with van der Waals surface area (Å²) in [6.07, 6.45) is 0.638. The normalized spacial score (nSPS) is 21.0. The number of sulfonamides is 1. The fourth-order valence-electron chi connectivity index (χ4n) is 2.25. The van der Waals surface area contributed by atoms with E-state index in [1.54, 1.807) is 12.1 Å². The van der Waals surface area contributed by atoms with Gasteiger partial charge in [-0.1, -0.05) is 12.1 Å². The van der Waals surface area contributed by atoms with Crippen molar-refractivity contribution >= 4 is 19.9 Å². The molecule has 0 amide bonds. The molecule has 21 heavy (non-hydrogen) atoms. The molecule has 0 saturated carbocycles. The van der Waals surface area contributed by atoms with Crippen molar-refractivity contribution in [1.29, 1.82) is 0 Å². The Morgan fingerprint density at radius 3 is 2.19 bits per heavy atom. The van der Waals surface area contributed by atoms with Crippen molar-refractivity contribution in [2.45, 2.75) is 36.7 Å². The summed E-state index contributed by atoms with van der Waals surface area (Å²) < 4.78 is 49.8. The summed E-state index contributed by atoms with van der Waals surface area (Å²) in [7, 11) is -6.63. The Kier molecular flexibility index (Phi) is 4.72. The number of benzene rings is 1. The van der Waals surface area contributed by atoms with Crippen LogP contribution in [-0.2, 0) is 19.9 Å². The van der Waals surface area contributed by atoms with Crippen molar-refractivity contribution in [3.05, 3.63) is 29.8 Å². The number of sulfone groups is 1. The SMILES string of the molecule is CC(N)c1ccc(S(=O)(=O)NC2CCS(=O)(=O)CC2)cc1. The topological polar surface area (TPSA) is 106 Å². The maximum atomic E-state index is 12.3. The Labute approximate surface area is 125 Å². The summed E-state index contributed by atoms with van der Waals surface area (Å²) >= 11 is 0.